The van der Waals surface area contributed by atoms with E-state index in [0.717, 1.165) is 19.3 Å². The summed E-state index contributed by atoms with van der Waals surface area (Å²) in [4.78, 5) is 24.6. The van der Waals surface area contributed by atoms with E-state index in [4.69, 9.17) is 5.73 Å². The van der Waals surface area contributed by atoms with Gasteiger partial charge in [-0.3, -0.25) is 14.5 Å². The molecule has 1 aliphatic carbocycles. The molecular weight excluding hydrogens is 168 g/mol. The van der Waals surface area contributed by atoms with E-state index in [9.17, 15) is 9.59 Å². The zero-order valence-corrected chi connectivity index (χ0v) is 7.53. The molecule has 1 heterocycles. The van der Waals surface area contributed by atoms with Crippen LogP contribution in [0.25, 0.3) is 0 Å². The van der Waals surface area contributed by atoms with Gasteiger partial charge in [-0.2, -0.15) is 0 Å². The molecule has 2 amide bonds. The molecule has 4 heteroatoms. The summed E-state index contributed by atoms with van der Waals surface area (Å²) in [5.41, 5.74) is 5.34. The normalized spacial score (nSPS) is 32.8. The fourth-order valence-electron chi connectivity index (χ4n) is 2.41. The molecule has 0 aromatic heterocycles. The van der Waals surface area contributed by atoms with Crippen molar-refractivity contribution in [2.24, 2.45) is 17.6 Å². The number of hydrogen-bond acceptors (Lipinski definition) is 3. The number of amides is 2. The maximum atomic E-state index is 11.6. The summed E-state index contributed by atoms with van der Waals surface area (Å²) in [5.74, 6) is -0.00556. The first-order valence-corrected chi connectivity index (χ1v) is 4.81. The van der Waals surface area contributed by atoms with Gasteiger partial charge < -0.3 is 5.73 Å². The van der Waals surface area contributed by atoms with Crippen LogP contribution in [0.15, 0.2) is 0 Å². The van der Waals surface area contributed by atoms with Gasteiger partial charge >= 0.3 is 0 Å². The van der Waals surface area contributed by atoms with Gasteiger partial charge in [0.15, 0.2) is 0 Å². The quantitative estimate of drug-likeness (QED) is 0.598. The zero-order valence-electron chi connectivity index (χ0n) is 7.53. The van der Waals surface area contributed by atoms with Gasteiger partial charge in [-0.25, -0.2) is 0 Å². The first-order chi connectivity index (χ1) is 6.25. The lowest BCUT2D eigenvalue weighted by Crippen LogP contribution is -2.35. The van der Waals surface area contributed by atoms with Crippen molar-refractivity contribution >= 4 is 11.8 Å². The van der Waals surface area contributed by atoms with Gasteiger partial charge in [0, 0.05) is 13.1 Å². The minimum Gasteiger partial charge on any atom is -0.329 e. The van der Waals surface area contributed by atoms with Crippen molar-refractivity contribution in [2.75, 3.05) is 13.1 Å². The summed E-state index contributed by atoms with van der Waals surface area (Å²) in [6, 6.07) is 0. The van der Waals surface area contributed by atoms with Crippen molar-refractivity contribution in [1.82, 2.24) is 4.90 Å². The summed E-state index contributed by atoms with van der Waals surface area (Å²) in [6.07, 6.45) is 2.79. The SMILES string of the molecule is NCCN1C(=O)[C@H]2CCC[C@H]2C1=O. The summed E-state index contributed by atoms with van der Waals surface area (Å²) < 4.78 is 0. The van der Waals surface area contributed by atoms with E-state index in [0.29, 0.717) is 13.1 Å². The van der Waals surface area contributed by atoms with Gasteiger partial charge in [-0.15, -0.1) is 0 Å². The molecule has 0 radical (unpaired) electrons. The Kier molecular flexibility index (Phi) is 2.07. The van der Waals surface area contributed by atoms with Crippen LogP contribution in [0.5, 0.6) is 0 Å². The second kappa shape index (κ2) is 3.10. The van der Waals surface area contributed by atoms with Crippen molar-refractivity contribution in [2.45, 2.75) is 19.3 Å². The van der Waals surface area contributed by atoms with Gasteiger partial charge in [0.2, 0.25) is 11.8 Å². The Balaban J connectivity index is 2.16. The largest absolute Gasteiger partial charge is 0.329 e. The van der Waals surface area contributed by atoms with Gasteiger partial charge in [-0.1, -0.05) is 6.42 Å². The number of likely N-dealkylation sites (tertiary alicyclic amines) is 1. The second-order valence-electron chi connectivity index (χ2n) is 3.76. The van der Waals surface area contributed by atoms with Crippen LogP contribution < -0.4 is 5.73 Å². The fraction of sp³-hybridized carbons (Fsp3) is 0.778. The van der Waals surface area contributed by atoms with E-state index in [-0.39, 0.29) is 23.7 Å². The van der Waals surface area contributed by atoms with Crippen LogP contribution in [-0.2, 0) is 9.59 Å². The minimum atomic E-state index is -0.0148. The molecule has 0 unspecified atom stereocenters. The molecule has 2 atom stereocenters. The smallest absolute Gasteiger partial charge is 0.233 e. The molecule has 2 aliphatic rings. The molecule has 2 fully saturated rings. The molecule has 2 rings (SSSR count). The lowest BCUT2D eigenvalue weighted by Gasteiger charge is -2.13. The first kappa shape index (κ1) is 8.69. The maximum absolute atomic E-state index is 11.6. The summed E-state index contributed by atoms with van der Waals surface area (Å²) in [6.45, 7) is 0.765. The Hall–Kier alpha value is -0.900. The van der Waals surface area contributed by atoms with Crippen LogP contribution in [0.4, 0.5) is 0 Å². The number of nitrogens with zero attached hydrogens (tertiary/aromatic N) is 1. The van der Waals surface area contributed by atoms with Gasteiger partial charge in [-0.05, 0) is 12.8 Å². The Morgan fingerprint density at radius 1 is 1.23 bits per heavy atom. The number of hydrogen-bond donors (Lipinski definition) is 1. The van der Waals surface area contributed by atoms with Gasteiger partial charge in [0.05, 0.1) is 11.8 Å². The molecule has 1 saturated carbocycles. The monoisotopic (exact) mass is 182 g/mol. The summed E-state index contributed by atoms with van der Waals surface area (Å²) >= 11 is 0. The van der Waals surface area contributed by atoms with E-state index < -0.39 is 0 Å². The molecule has 0 aromatic carbocycles. The van der Waals surface area contributed by atoms with Crippen LogP contribution in [-0.4, -0.2) is 29.8 Å². The standard InChI is InChI=1S/C9H14N2O2/c10-4-5-11-8(12)6-2-1-3-7(6)9(11)13/h6-7H,1-5,10H2/t6-,7+. The number of imide groups is 1. The third-order valence-corrected chi connectivity index (χ3v) is 3.04. The van der Waals surface area contributed by atoms with Crippen LogP contribution in [0, 0.1) is 11.8 Å². The maximum Gasteiger partial charge on any atom is 0.233 e. The highest BCUT2D eigenvalue weighted by Crippen LogP contribution is 2.39. The predicted molar refractivity (Wildman–Crippen MR) is 46.6 cm³/mol. The average molecular weight is 182 g/mol. The van der Waals surface area contributed by atoms with E-state index >= 15 is 0 Å². The number of carbonyl (C=O) groups excluding carboxylic acids is 2. The molecule has 0 aromatic rings. The van der Waals surface area contributed by atoms with Crippen LogP contribution in [0.3, 0.4) is 0 Å². The van der Waals surface area contributed by atoms with Crippen molar-refractivity contribution < 1.29 is 9.59 Å². The van der Waals surface area contributed by atoms with Crippen LogP contribution in [0.2, 0.25) is 0 Å². The highest BCUT2D eigenvalue weighted by atomic mass is 16.2. The van der Waals surface area contributed by atoms with E-state index in [1.807, 2.05) is 0 Å². The van der Waals surface area contributed by atoms with Crippen molar-refractivity contribution in [3.05, 3.63) is 0 Å². The lowest BCUT2D eigenvalue weighted by molar-refractivity contribution is -0.140. The Bertz CT molecular complexity index is 230. The third kappa shape index (κ3) is 1.16. The number of rotatable bonds is 2. The highest BCUT2D eigenvalue weighted by Gasteiger charge is 2.49. The predicted octanol–water partition coefficient (Wildman–Crippen LogP) is -0.270. The molecule has 0 bridgehead atoms. The molecule has 1 aliphatic heterocycles. The van der Waals surface area contributed by atoms with Crippen LogP contribution >= 0.6 is 0 Å². The molecule has 1 saturated heterocycles. The molecule has 4 nitrogen and oxygen atoms in total. The molecule has 13 heavy (non-hydrogen) atoms. The Labute approximate surface area is 77.1 Å². The van der Waals surface area contributed by atoms with E-state index in [1.54, 1.807) is 0 Å². The summed E-state index contributed by atoms with van der Waals surface area (Å²) in [5, 5.41) is 0. The van der Waals surface area contributed by atoms with Gasteiger partial charge in [0.1, 0.15) is 0 Å². The van der Waals surface area contributed by atoms with Crippen molar-refractivity contribution in [3.63, 3.8) is 0 Å². The Morgan fingerprint density at radius 2 is 1.77 bits per heavy atom. The zero-order chi connectivity index (χ0) is 9.42. The molecular formula is C9H14N2O2. The van der Waals surface area contributed by atoms with E-state index in [1.165, 1.54) is 4.90 Å². The molecule has 2 N–H and O–H groups in total. The van der Waals surface area contributed by atoms with Crippen LogP contribution in [0.1, 0.15) is 19.3 Å². The topological polar surface area (TPSA) is 63.4 Å². The average Bonchev–Trinajstić information content (AvgIpc) is 2.66. The highest BCUT2D eigenvalue weighted by molar-refractivity contribution is 6.05. The summed E-state index contributed by atoms with van der Waals surface area (Å²) in [7, 11) is 0. The van der Waals surface area contributed by atoms with E-state index in [2.05, 4.69) is 0 Å². The lowest BCUT2D eigenvalue weighted by atomic mass is 10.00. The minimum absolute atomic E-state index is 0.0120. The van der Waals surface area contributed by atoms with Crippen molar-refractivity contribution in [1.29, 1.82) is 0 Å². The van der Waals surface area contributed by atoms with Crippen molar-refractivity contribution in [3.8, 4) is 0 Å². The third-order valence-electron chi connectivity index (χ3n) is 3.04. The fourth-order valence-corrected chi connectivity index (χ4v) is 2.41. The number of nitrogens with two attached hydrogens (primary N) is 1. The Morgan fingerprint density at radius 3 is 2.23 bits per heavy atom. The second-order valence-corrected chi connectivity index (χ2v) is 3.76. The van der Waals surface area contributed by atoms with Gasteiger partial charge in [0.25, 0.3) is 0 Å². The number of carbonyl (C=O) groups is 2. The molecule has 72 valence electrons. The first-order valence-electron chi connectivity index (χ1n) is 4.81. The molecule has 0 spiro atoms. The number of fused-ring (bicyclic) bond motifs is 1.